The molecule has 0 saturated carbocycles. The Morgan fingerprint density at radius 2 is 1.97 bits per heavy atom. The Morgan fingerprint density at radius 3 is 2.69 bits per heavy atom. The van der Waals surface area contributed by atoms with Gasteiger partial charge in [-0.2, -0.15) is 0 Å². The molecule has 152 valence electrons. The predicted octanol–water partition coefficient (Wildman–Crippen LogP) is 2.55. The van der Waals surface area contributed by atoms with Crippen molar-refractivity contribution in [1.82, 2.24) is 24.5 Å². The minimum absolute atomic E-state index is 0.132. The molecule has 4 rings (SSSR count). The summed E-state index contributed by atoms with van der Waals surface area (Å²) in [4.78, 5) is 29.0. The summed E-state index contributed by atoms with van der Waals surface area (Å²) in [5.74, 6) is 1.52. The maximum absolute atomic E-state index is 12.7. The molecule has 1 N–H and O–H groups in total. The van der Waals surface area contributed by atoms with Crippen LogP contribution in [0.2, 0.25) is 0 Å². The Bertz CT molecular complexity index is 1040. The maximum Gasteiger partial charge on any atom is 0.252 e. The third-order valence-corrected chi connectivity index (χ3v) is 6.39. The Labute approximate surface area is 173 Å². The number of amides is 1. The number of aromatic amines is 1. The van der Waals surface area contributed by atoms with Crippen LogP contribution in [0.3, 0.4) is 0 Å². The summed E-state index contributed by atoms with van der Waals surface area (Å²) < 4.78 is 1.82. The van der Waals surface area contributed by atoms with Crippen molar-refractivity contribution < 1.29 is 4.79 Å². The second-order valence-corrected chi connectivity index (χ2v) is 8.37. The largest absolute Gasteiger partial charge is 0.342 e. The lowest BCUT2D eigenvalue weighted by atomic mass is 9.90. The molecule has 1 saturated heterocycles. The zero-order chi connectivity index (χ0) is 20.2. The lowest BCUT2D eigenvalue weighted by Crippen LogP contribution is -2.39. The van der Waals surface area contributed by atoms with E-state index in [1.807, 2.05) is 22.3 Å². The molecule has 1 amide bonds. The summed E-state index contributed by atoms with van der Waals surface area (Å²) in [6.45, 7) is 3.60. The number of thioether (sulfide) groups is 1. The van der Waals surface area contributed by atoms with Gasteiger partial charge < -0.3 is 4.90 Å². The van der Waals surface area contributed by atoms with E-state index in [4.69, 9.17) is 0 Å². The molecule has 1 aromatic carbocycles. The Hall–Kier alpha value is -2.61. The number of carbonyl (C=O) groups excluding carboxylic acids is 1. The molecule has 0 unspecified atom stereocenters. The van der Waals surface area contributed by atoms with Crippen molar-refractivity contribution in [1.29, 1.82) is 0 Å². The number of fused-ring (bicyclic) bond motifs is 1. The van der Waals surface area contributed by atoms with Crippen molar-refractivity contribution in [3.05, 3.63) is 58.0 Å². The summed E-state index contributed by atoms with van der Waals surface area (Å²) in [6, 6.07) is 12.1. The van der Waals surface area contributed by atoms with Crippen LogP contribution in [0.5, 0.6) is 0 Å². The van der Waals surface area contributed by atoms with Crippen molar-refractivity contribution in [2.75, 3.05) is 18.8 Å². The van der Waals surface area contributed by atoms with Crippen LogP contribution >= 0.6 is 11.8 Å². The van der Waals surface area contributed by atoms with Gasteiger partial charge in [0.1, 0.15) is 0 Å². The van der Waals surface area contributed by atoms with Gasteiger partial charge in [0, 0.05) is 24.8 Å². The molecule has 0 bridgehead atoms. The minimum atomic E-state index is -0.187. The van der Waals surface area contributed by atoms with Gasteiger partial charge in [0.05, 0.1) is 5.75 Å². The quantitative estimate of drug-likeness (QED) is 0.630. The van der Waals surface area contributed by atoms with E-state index in [2.05, 4.69) is 39.4 Å². The normalized spacial score (nSPS) is 15.1. The first-order valence-corrected chi connectivity index (χ1v) is 11.0. The molecule has 1 aliphatic rings. The number of benzene rings is 1. The molecule has 7 nitrogen and oxygen atoms in total. The second-order valence-electron chi connectivity index (χ2n) is 7.42. The van der Waals surface area contributed by atoms with Gasteiger partial charge in [-0.25, -0.2) is 0 Å². The minimum Gasteiger partial charge on any atom is -0.342 e. The number of carbonyl (C=O) groups is 1. The van der Waals surface area contributed by atoms with Gasteiger partial charge in [0.2, 0.25) is 11.7 Å². The smallest absolute Gasteiger partial charge is 0.252 e. The van der Waals surface area contributed by atoms with Gasteiger partial charge in [-0.15, -0.1) is 10.2 Å². The highest BCUT2D eigenvalue weighted by Crippen LogP contribution is 2.23. The van der Waals surface area contributed by atoms with Crippen molar-refractivity contribution in [2.45, 2.75) is 37.8 Å². The molecular formula is C21H25N5O2S. The first-order valence-electron chi connectivity index (χ1n) is 10.1. The molecule has 3 heterocycles. The highest BCUT2D eigenvalue weighted by molar-refractivity contribution is 7.99. The Morgan fingerprint density at radius 1 is 1.21 bits per heavy atom. The van der Waals surface area contributed by atoms with E-state index in [0.29, 0.717) is 29.0 Å². The fourth-order valence-electron chi connectivity index (χ4n) is 3.88. The third kappa shape index (κ3) is 4.53. The topological polar surface area (TPSA) is 83.4 Å². The SMILES string of the molecule is CCc1cc(=O)[nH]c2nnc(SCC(=O)N3CCC(Cc4ccccc4)CC3)n12. The molecule has 0 spiro atoms. The molecule has 1 fully saturated rings. The van der Waals surface area contributed by atoms with Gasteiger partial charge in [0.25, 0.3) is 5.56 Å². The molecule has 1 aliphatic heterocycles. The summed E-state index contributed by atoms with van der Waals surface area (Å²) in [7, 11) is 0. The van der Waals surface area contributed by atoms with E-state index in [-0.39, 0.29) is 11.5 Å². The Kier molecular flexibility index (Phi) is 5.99. The lowest BCUT2D eigenvalue weighted by Gasteiger charge is -2.32. The fourth-order valence-corrected chi connectivity index (χ4v) is 4.74. The van der Waals surface area contributed by atoms with Gasteiger partial charge >= 0.3 is 0 Å². The predicted molar refractivity (Wildman–Crippen MR) is 113 cm³/mol. The molecule has 29 heavy (non-hydrogen) atoms. The molecule has 0 radical (unpaired) electrons. The van der Waals surface area contributed by atoms with Gasteiger partial charge in [-0.3, -0.25) is 19.0 Å². The summed E-state index contributed by atoms with van der Waals surface area (Å²) >= 11 is 1.37. The van der Waals surface area contributed by atoms with Crippen LogP contribution in [-0.4, -0.2) is 49.2 Å². The Balaban J connectivity index is 1.33. The van der Waals surface area contributed by atoms with Crippen LogP contribution < -0.4 is 5.56 Å². The highest BCUT2D eigenvalue weighted by atomic mass is 32.2. The third-order valence-electron chi connectivity index (χ3n) is 5.47. The first-order chi connectivity index (χ1) is 14.1. The number of H-pyrrole nitrogens is 1. The average molecular weight is 412 g/mol. The maximum atomic E-state index is 12.7. The number of aryl methyl sites for hydroxylation is 1. The summed E-state index contributed by atoms with van der Waals surface area (Å²) in [5, 5.41) is 8.84. The van der Waals surface area contributed by atoms with E-state index in [9.17, 15) is 9.59 Å². The molecule has 3 aromatic rings. The number of hydrogen-bond acceptors (Lipinski definition) is 5. The van der Waals surface area contributed by atoms with Crippen molar-refractivity contribution in [3.8, 4) is 0 Å². The van der Waals surface area contributed by atoms with Crippen LogP contribution in [0.25, 0.3) is 5.78 Å². The molecule has 8 heteroatoms. The van der Waals surface area contributed by atoms with E-state index in [1.165, 1.54) is 17.3 Å². The molecule has 2 aromatic heterocycles. The van der Waals surface area contributed by atoms with Crippen molar-refractivity contribution in [3.63, 3.8) is 0 Å². The van der Waals surface area contributed by atoms with Crippen LogP contribution in [0.4, 0.5) is 0 Å². The molecule has 0 atom stereocenters. The van der Waals surface area contributed by atoms with E-state index in [1.54, 1.807) is 6.07 Å². The fraction of sp³-hybridized carbons (Fsp3) is 0.429. The number of likely N-dealkylation sites (tertiary alicyclic amines) is 1. The number of piperidine rings is 1. The van der Waals surface area contributed by atoms with Crippen LogP contribution in [0.15, 0.2) is 46.3 Å². The zero-order valence-corrected chi connectivity index (χ0v) is 17.3. The van der Waals surface area contributed by atoms with Crippen molar-refractivity contribution in [2.24, 2.45) is 5.92 Å². The van der Waals surface area contributed by atoms with E-state index < -0.39 is 0 Å². The number of hydrogen-bond donors (Lipinski definition) is 1. The number of nitrogens with one attached hydrogen (secondary N) is 1. The second kappa shape index (κ2) is 8.82. The monoisotopic (exact) mass is 411 g/mol. The standard InChI is InChI=1S/C21H25N5O2S/c1-2-17-13-18(27)22-20-23-24-21(26(17)20)29-14-19(28)25-10-8-16(9-11-25)12-15-6-4-3-5-7-15/h3-7,13,16H,2,8-12,14H2,1H3,(H,22,23,27). The highest BCUT2D eigenvalue weighted by Gasteiger charge is 2.23. The zero-order valence-electron chi connectivity index (χ0n) is 16.5. The van der Waals surface area contributed by atoms with Gasteiger partial charge in [0.15, 0.2) is 5.16 Å². The summed E-state index contributed by atoms with van der Waals surface area (Å²) in [6.07, 6.45) is 3.86. The van der Waals surface area contributed by atoms with Gasteiger partial charge in [-0.05, 0) is 37.2 Å². The number of nitrogens with zero attached hydrogens (tertiary/aromatic N) is 4. The molecule has 0 aliphatic carbocycles. The van der Waals surface area contributed by atoms with E-state index >= 15 is 0 Å². The first kappa shape index (κ1) is 19.7. The van der Waals surface area contributed by atoms with Gasteiger partial charge in [-0.1, -0.05) is 49.0 Å². The number of rotatable bonds is 6. The average Bonchev–Trinajstić information content (AvgIpc) is 3.15. The molecular weight excluding hydrogens is 386 g/mol. The summed E-state index contributed by atoms with van der Waals surface area (Å²) in [5.41, 5.74) is 2.02. The van der Waals surface area contributed by atoms with Crippen LogP contribution in [-0.2, 0) is 17.6 Å². The number of aromatic nitrogens is 4. The lowest BCUT2D eigenvalue weighted by molar-refractivity contribution is -0.129. The van der Waals surface area contributed by atoms with Crippen LogP contribution in [0, 0.1) is 5.92 Å². The van der Waals surface area contributed by atoms with Crippen molar-refractivity contribution >= 4 is 23.4 Å². The van der Waals surface area contributed by atoms with Crippen LogP contribution in [0.1, 0.15) is 31.0 Å². The van der Waals surface area contributed by atoms with E-state index in [0.717, 1.165) is 38.0 Å².